The van der Waals surface area contributed by atoms with Gasteiger partial charge in [-0.1, -0.05) is 49.2 Å². The van der Waals surface area contributed by atoms with Crippen LogP contribution in [0.15, 0.2) is 73.3 Å². The third-order valence-electron chi connectivity index (χ3n) is 5.78. The van der Waals surface area contributed by atoms with Gasteiger partial charge in [-0.05, 0) is 58.7 Å². The fourth-order valence-corrected chi connectivity index (χ4v) is 4.49. The van der Waals surface area contributed by atoms with E-state index in [9.17, 15) is 0 Å². The molecule has 4 aromatic rings. The number of benzene rings is 2. The lowest BCUT2D eigenvalue weighted by Gasteiger charge is -2.23. The van der Waals surface area contributed by atoms with Gasteiger partial charge < -0.3 is 10.6 Å². The predicted octanol–water partition coefficient (Wildman–Crippen LogP) is 7.58. The molecule has 2 N–H and O–H groups in total. The summed E-state index contributed by atoms with van der Waals surface area (Å²) in [6, 6.07) is 16.7. The molecular weight excluding hydrogens is 427 g/mol. The first kappa shape index (κ1) is 19.9. The topological polar surface area (TPSA) is 49.8 Å². The van der Waals surface area contributed by atoms with Crippen molar-refractivity contribution in [1.29, 1.82) is 0 Å². The lowest BCUT2D eigenvalue weighted by Crippen LogP contribution is -2.15. The van der Waals surface area contributed by atoms with Gasteiger partial charge in [-0.3, -0.25) is 9.97 Å². The van der Waals surface area contributed by atoms with Crippen LogP contribution < -0.4 is 10.6 Å². The lowest BCUT2D eigenvalue weighted by molar-refractivity contribution is 0.661. The van der Waals surface area contributed by atoms with Crippen LogP contribution >= 0.6 is 23.2 Å². The molecule has 0 atom stereocenters. The fraction of sp³-hybridized carbons (Fsp3) is 0.120. The van der Waals surface area contributed by atoms with Crippen LogP contribution in [0, 0.1) is 0 Å². The number of anilines is 4. The largest absolute Gasteiger partial charge is 0.354 e. The minimum absolute atomic E-state index is 0.149. The number of rotatable bonds is 4. The van der Waals surface area contributed by atoms with Gasteiger partial charge in [-0.2, -0.15) is 0 Å². The molecule has 0 unspecified atom stereocenters. The second-order valence-corrected chi connectivity index (χ2v) is 8.92. The van der Waals surface area contributed by atoms with E-state index in [1.165, 1.54) is 22.3 Å². The Morgan fingerprint density at radius 3 is 1.55 bits per heavy atom. The van der Waals surface area contributed by atoms with Crippen LogP contribution in [0.2, 0.25) is 10.0 Å². The molecule has 0 saturated heterocycles. The van der Waals surface area contributed by atoms with E-state index in [1.54, 1.807) is 24.8 Å². The molecule has 2 aromatic carbocycles. The standard InChI is InChI=1S/C25H20Cl2N4/c1-25(2)19-11-15(30-23-7-9-28-13-21(23)26)3-5-17(19)18-6-4-16(12-20(18)25)31-24-8-10-29-14-22(24)27/h3-14H,1-2H3,(H,28,30)(H,29,31). The fourth-order valence-electron chi connectivity index (χ4n) is 4.16. The van der Waals surface area contributed by atoms with Gasteiger partial charge in [-0.25, -0.2) is 0 Å². The van der Waals surface area contributed by atoms with Gasteiger partial charge in [-0.15, -0.1) is 0 Å². The molecule has 0 saturated carbocycles. The van der Waals surface area contributed by atoms with Gasteiger partial charge in [0.05, 0.1) is 21.4 Å². The van der Waals surface area contributed by atoms with Crippen LogP contribution in [0.3, 0.4) is 0 Å². The number of halogens is 2. The normalized spacial score (nSPS) is 13.4. The van der Waals surface area contributed by atoms with Crippen LogP contribution in [0.25, 0.3) is 11.1 Å². The van der Waals surface area contributed by atoms with Crippen LogP contribution in [0.5, 0.6) is 0 Å². The van der Waals surface area contributed by atoms with Crippen molar-refractivity contribution >= 4 is 46.0 Å². The number of aromatic nitrogens is 2. The molecule has 0 fully saturated rings. The van der Waals surface area contributed by atoms with Crippen LogP contribution in [-0.2, 0) is 5.41 Å². The first-order valence-electron chi connectivity index (χ1n) is 9.96. The van der Waals surface area contributed by atoms with Gasteiger partial charge >= 0.3 is 0 Å². The van der Waals surface area contributed by atoms with E-state index in [1.807, 2.05) is 12.1 Å². The zero-order valence-corrected chi connectivity index (χ0v) is 18.6. The van der Waals surface area contributed by atoms with Gasteiger partial charge in [0.15, 0.2) is 0 Å². The van der Waals surface area contributed by atoms with E-state index in [-0.39, 0.29) is 5.41 Å². The second kappa shape index (κ2) is 7.56. The summed E-state index contributed by atoms with van der Waals surface area (Å²) in [7, 11) is 0. The Morgan fingerprint density at radius 2 is 1.13 bits per heavy atom. The van der Waals surface area contributed by atoms with Crippen molar-refractivity contribution in [2.75, 3.05) is 10.6 Å². The zero-order valence-electron chi connectivity index (χ0n) is 17.1. The molecule has 0 spiro atoms. The molecule has 0 radical (unpaired) electrons. The molecule has 31 heavy (non-hydrogen) atoms. The Hall–Kier alpha value is -3.08. The van der Waals surface area contributed by atoms with Crippen molar-refractivity contribution in [2.45, 2.75) is 19.3 Å². The molecule has 4 nitrogen and oxygen atoms in total. The smallest absolute Gasteiger partial charge is 0.0824 e. The average molecular weight is 447 g/mol. The Morgan fingerprint density at radius 1 is 0.677 bits per heavy atom. The van der Waals surface area contributed by atoms with E-state index in [0.29, 0.717) is 10.0 Å². The quantitative estimate of drug-likeness (QED) is 0.339. The Bertz CT molecular complexity index is 1200. The number of hydrogen-bond acceptors (Lipinski definition) is 4. The Kier molecular flexibility index (Phi) is 4.84. The van der Waals surface area contributed by atoms with Crippen molar-refractivity contribution < 1.29 is 0 Å². The van der Waals surface area contributed by atoms with Crippen molar-refractivity contribution in [2.24, 2.45) is 0 Å². The molecule has 154 valence electrons. The minimum atomic E-state index is -0.149. The molecule has 0 amide bonds. The highest BCUT2D eigenvalue weighted by atomic mass is 35.5. The Balaban J connectivity index is 1.50. The summed E-state index contributed by atoms with van der Waals surface area (Å²) < 4.78 is 0. The van der Waals surface area contributed by atoms with Gasteiger partial charge in [0.2, 0.25) is 0 Å². The van der Waals surface area contributed by atoms with Crippen molar-refractivity contribution in [1.82, 2.24) is 9.97 Å². The molecular formula is C25H20Cl2N4. The summed E-state index contributed by atoms with van der Waals surface area (Å²) in [5, 5.41) is 8.01. The molecule has 2 aromatic heterocycles. The number of nitrogens with one attached hydrogen (secondary N) is 2. The van der Waals surface area contributed by atoms with Gasteiger partial charge in [0.1, 0.15) is 0 Å². The van der Waals surface area contributed by atoms with E-state index in [4.69, 9.17) is 23.2 Å². The highest BCUT2D eigenvalue weighted by Gasteiger charge is 2.35. The average Bonchev–Trinajstić information content (AvgIpc) is 2.98. The van der Waals surface area contributed by atoms with Crippen LogP contribution in [0.1, 0.15) is 25.0 Å². The van der Waals surface area contributed by atoms with Crippen molar-refractivity contribution in [3.05, 3.63) is 94.5 Å². The highest BCUT2D eigenvalue weighted by molar-refractivity contribution is 6.33. The summed E-state index contributed by atoms with van der Waals surface area (Å²) in [4.78, 5) is 8.10. The summed E-state index contributed by atoms with van der Waals surface area (Å²) >= 11 is 12.5. The van der Waals surface area contributed by atoms with Crippen molar-refractivity contribution in [3.8, 4) is 11.1 Å². The van der Waals surface area contributed by atoms with Crippen molar-refractivity contribution in [3.63, 3.8) is 0 Å². The number of nitrogens with zero attached hydrogens (tertiary/aromatic N) is 2. The molecule has 1 aliphatic rings. The molecule has 6 heteroatoms. The van der Waals surface area contributed by atoms with Crippen LogP contribution in [-0.4, -0.2) is 9.97 Å². The number of hydrogen-bond donors (Lipinski definition) is 2. The maximum atomic E-state index is 6.27. The number of pyridine rings is 2. The third-order valence-corrected chi connectivity index (χ3v) is 6.38. The minimum Gasteiger partial charge on any atom is -0.354 e. The first-order chi connectivity index (χ1) is 14.9. The van der Waals surface area contributed by atoms with E-state index < -0.39 is 0 Å². The van der Waals surface area contributed by atoms with E-state index >= 15 is 0 Å². The molecule has 1 aliphatic carbocycles. The Labute approximate surface area is 191 Å². The summed E-state index contributed by atoms with van der Waals surface area (Å²) in [6.07, 6.45) is 6.73. The number of fused-ring (bicyclic) bond motifs is 3. The monoisotopic (exact) mass is 446 g/mol. The predicted molar refractivity (Wildman–Crippen MR) is 129 cm³/mol. The van der Waals surface area contributed by atoms with E-state index in [0.717, 1.165) is 22.7 Å². The van der Waals surface area contributed by atoms with Gasteiger partial charge in [0, 0.05) is 41.6 Å². The molecule has 0 aliphatic heterocycles. The molecule has 0 bridgehead atoms. The maximum absolute atomic E-state index is 6.27. The summed E-state index contributed by atoms with van der Waals surface area (Å²) in [6.45, 7) is 4.51. The first-order valence-corrected chi connectivity index (χ1v) is 10.7. The summed E-state index contributed by atoms with van der Waals surface area (Å²) in [5.74, 6) is 0. The van der Waals surface area contributed by atoms with E-state index in [2.05, 4.69) is 70.8 Å². The van der Waals surface area contributed by atoms with Gasteiger partial charge in [0.25, 0.3) is 0 Å². The maximum Gasteiger partial charge on any atom is 0.0824 e. The second-order valence-electron chi connectivity index (χ2n) is 8.11. The third kappa shape index (κ3) is 3.52. The summed E-state index contributed by atoms with van der Waals surface area (Å²) in [5.41, 5.74) is 8.57. The lowest BCUT2D eigenvalue weighted by atomic mass is 9.82. The zero-order chi connectivity index (χ0) is 21.6. The molecule has 5 rings (SSSR count). The highest BCUT2D eigenvalue weighted by Crippen LogP contribution is 2.50. The molecule has 2 heterocycles. The van der Waals surface area contributed by atoms with Crippen LogP contribution in [0.4, 0.5) is 22.7 Å². The SMILES string of the molecule is CC1(C)c2cc(Nc3ccncc3Cl)ccc2-c2ccc(Nc3ccncc3Cl)cc21.